The van der Waals surface area contributed by atoms with Gasteiger partial charge in [0.25, 0.3) is 6.01 Å². The summed E-state index contributed by atoms with van der Waals surface area (Å²) >= 11 is 0. The average Bonchev–Trinajstić information content (AvgIpc) is 2.29. The van der Waals surface area contributed by atoms with Crippen LogP contribution in [-0.4, -0.2) is 15.7 Å². The van der Waals surface area contributed by atoms with Gasteiger partial charge in [0.2, 0.25) is 0 Å². The summed E-state index contributed by atoms with van der Waals surface area (Å²) in [7, 11) is 0. The largest absolute Gasteiger partial charge is 0.462 e. The minimum absolute atomic E-state index is 0.180. The number of imidazole rings is 1. The third-order valence-corrected chi connectivity index (χ3v) is 1.72. The second-order valence-electron chi connectivity index (χ2n) is 3.83. The van der Waals surface area contributed by atoms with Gasteiger partial charge in [-0.25, -0.2) is 4.98 Å². The Morgan fingerprint density at radius 3 is 2.38 bits per heavy atom. The van der Waals surface area contributed by atoms with E-state index in [0.717, 1.165) is 11.7 Å². The Kier molecular flexibility index (Phi) is 2.96. The van der Waals surface area contributed by atoms with Crippen molar-refractivity contribution >= 4 is 0 Å². The van der Waals surface area contributed by atoms with E-state index < -0.39 is 0 Å². The smallest absolute Gasteiger partial charge is 0.296 e. The number of hydrogen-bond acceptors (Lipinski definition) is 2. The van der Waals surface area contributed by atoms with Crippen LogP contribution in [-0.2, 0) is 0 Å². The highest BCUT2D eigenvalue weighted by Gasteiger charge is 2.10. The molecular formula is C10H18N2O. The highest BCUT2D eigenvalue weighted by atomic mass is 16.5. The zero-order valence-electron chi connectivity index (χ0n) is 9.03. The third kappa shape index (κ3) is 2.47. The Balaban J connectivity index is 2.91. The van der Waals surface area contributed by atoms with Crippen molar-refractivity contribution in [1.82, 2.24) is 9.55 Å². The standard InChI is InChI=1S/C10H18N2O/c1-7(2)12-6-9(5)11-10(12)13-8(3)4/h6-8H,1-5H3. The zero-order valence-corrected chi connectivity index (χ0v) is 9.03. The van der Waals surface area contributed by atoms with Gasteiger partial charge in [-0.3, -0.25) is 4.57 Å². The molecule has 0 aliphatic rings. The molecule has 1 rings (SSSR count). The second kappa shape index (κ2) is 3.81. The van der Waals surface area contributed by atoms with Gasteiger partial charge < -0.3 is 4.74 Å². The number of nitrogens with zero attached hydrogens (tertiary/aromatic N) is 2. The van der Waals surface area contributed by atoms with Crippen molar-refractivity contribution in [3.8, 4) is 6.01 Å². The van der Waals surface area contributed by atoms with Crippen molar-refractivity contribution in [2.24, 2.45) is 0 Å². The van der Waals surface area contributed by atoms with Crippen molar-refractivity contribution in [3.05, 3.63) is 11.9 Å². The minimum Gasteiger partial charge on any atom is -0.462 e. The molecular weight excluding hydrogens is 164 g/mol. The maximum Gasteiger partial charge on any atom is 0.296 e. The van der Waals surface area contributed by atoms with E-state index in [0.29, 0.717) is 6.04 Å². The molecule has 0 amide bonds. The van der Waals surface area contributed by atoms with Crippen molar-refractivity contribution in [3.63, 3.8) is 0 Å². The van der Waals surface area contributed by atoms with Crippen molar-refractivity contribution < 1.29 is 4.74 Å². The number of hydrogen-bond donors (Lipinski definition) is 0. The zero-order chi connectivity index (χ0) is 10.0. The molecule has 1 aromatic heterocycles. The van der Waals surface area contributed by atoms with Gasteiger partial charge in [0.15, 0.2) is 0 Å². The lowest BCUT2D eigenvalue weighted by molar-refractivity contribution is 0.208. The van der Waals surface area contributed by atoms with Gasteiger partial charge in [-0.15, -0.1) is 0 Å². The van der Waals surface area contributed by atoms with Gasteiger partial charge in [-0.05, 0) is 34.6 Å². The van der Waals surface area contributed by atoms with Crippen LogP contribution in [0, 0.1) is 6.92 Å². The number of rotatable bonds is 3. The van der Waals surface area contributed by atoms with Crippen LogP contribution in [0.1, 0.15) is 39.4 Å². The van der Waals surface area contributed by atoms with E-state index in [2.05, 4.69) is 23.4 Å². The molecule has 1 heterocycles. The molecule has 74 valence electrons. The Hall–Kier alpha value is -0.990. The maximum absolute atomic E-state index is 5.58. The lowest BCUT2D eigenvalue weighted by Crippen LogP contribution is -2.11. The summed E-state index contributed by atoms with van der Waals surface area (Å²) in [6, 6.07) is 1.12. The number of ether oxygens (including phenoxy) is 1. The summed E-state index contributed by atoms with van der Waals surface area (Å²) < 4.78 is 7.63. The van der Waals surface area contributed by atoms with E-state index in [1.807, 2.05) is 27.0 Å². The molecule has 3 heteroatoms. The summed E-state index contributed by atoms with van der Waals surface area (Å²) in [6.07, 6.45) is 2.20. The number of aromatic nitrogens is 2. The molecule has 3 nitrogen and oxygen atoms in total. The molecule has 0 fully saturated rings. The van der Waals surface area contributed by atoms with Crippen molar-refractivity contribution in [2.75, 3.05) is 0 Å². The van der Waals surface area contributed by atoms with Crippen LogP contribution in [0.5, 0.6) is 6.01 Å². The first-order valence-electron chi connectivity index (χ1n) is 4.73. The molecule has 0 N–H and O–H groups in total. The van der Waals surface area contributed by atoms with Gasteiger partial charge in [-0.2, -0.15) is 0 Å². The summed E-state index contributed by atoms with van der Waals surface area (Å²) in [5.41, 5.74) is 1.00. The average molecular weight is 182 g/mol. The molecule has 0 bridgehead atoms. The van der Waals surface area contributed by atoms with Gasteiger partial charge >= 0.3 is 0 Å². The fraction of sp³-hybridized carbons (Fsp3) is 0.700. The van der Waals surface area contributed by atoms with Crippen molar-refractivity contribution in [1.29, 1.82) is 0 Å². The van der Waals surface area contributed by atoms with Crippen LogP contribution in [0.3, 0.4) is 0 Å². The molecule has 0 spiro atoms. The SMILES string of the molecule is Cc1cn(C(C)C)c(OC(C)C)n1. The molecule has 0 aliphatic carbocycles. The molecule has 0 atom stereocenters. The van der Waals surface area contributed by atoms with Gasteiger partial charge in [0, 0.05) is 12.2 Å². The highest BCUT2D eigenvalue weighted by Crippen LogP contribution is 2.18. The van der Waals surface area contributed by atoms with Gasteiger partial charge in [0.05, 0.1) is 11.8 Å². The molecule has 0 unspecified atom stereocenters. The van der Waals surface area contributed by atoms with Crippen LogP contribution in [0.25, 0.3) is 0 Å². The Morgan fingerprint density at radius 1 is 1.31 bits per heavy atom. The Labute approximate surface area is 79.7 Å². The van der Waals surface area contributed by atoms with E-state index in [1.165, 1.54) is 0 Å². The molecule has 0 aliphatic heterocycles. The fourth-order valence-electron chi connectivity index (χ4n) is 1.16. The van der Waals surface area contributed by atoms with E-state index in [9.17, 15) is 0 Å². The van der Waals surface area contributed by atoms with E-state index >= 15 is 0 Å². The Morgan fingerprint density at radius 2 is 1.92 bits per heavy atom. The summed E-state index contributed by atoms with van der Waals surface area (Å²) in [5, 5.41) is 0. The molecule has 1 aromatic rings. The summed E-state index contributed by atoms with van der Waals surface area (Å²) in [5.74, 6) is 0. The summed E-state index contributed by atoms with van der Waals surface area (Å²) in [6.45, 7) is 10.2. The molecule has 0 aromatic carbocycles. The topological polar surface area (TPSA) is 27.1 Å². The molecule has 0 saturated heterocycles. The van der Waals surface area contributed by atoms with Gasteiger partial charge in [0.1, 0.15) is 0 Å². The van der Waals surface area contributed by atoms with Crippen LogP contribution in [0.4, 0.5) is 0 Å². The van der Waals surface area contributed by atoms with Gasteiger partial charge in [-0.1, -0.05) is 0 Å². The lowest BCUT2D eigenvalue weighted by atomic mass is 10.4. The van der Waals surface area contributed by atoms with E-state index in [-0.39, 0.29) is 6.10 Å². The van der Waals surface area contributed by atoms with Crippen molar-refractivity contribution in [2.45, 2.75) is 46.8 Å². The predicted molar refractivity (Wildman–Crippen MR) is 53.1 cm³/mol. The third-order valence-electron chi connectivity index (χ3n) is 1.72. The normalized spacial score (nSPS) is 11.3. The monoisotopic (exact) mass is 182 g/mol. The molecule has 0 radical (unpaired) electrons. The van der Waals surface area contributed by atoms with Crippen LogP contribution in [0.2, 0.25) is 0 Å². The van der Waals surface area contributed by atoms with Crippen LogP contribution >= 0.6 is 0 Å². The highest BCUT2D eigenvalue weighted by molar-refractivity contribution is 5.08. The number of aryl methyl sites for hydroxylation is 1. The predicted octanol–water partition coefficient (Wildman–Crippen LogP) is 2.56. The molecule has 13 heavy (non-hydrogen) atoms. The minimum atomic E-state index is 0.180. The lowest BCUT2D eigenvalue weighted by Gasteiger charge is -2.13. The summed E-state index contributed by atoms with van der Waals surface area (Å²) in [4.78, 5) is 4.31. The first-order valence-corrected chi connectivity index (χ1v) is 4.73. The second-order valence-corrected chi connectivity index (χ2v) is 3.83. The van der Waals surface area contributed by atoms with Crippen LogP contribution < -0.4 is 4.74 Å². The fourth-order valence-corrected chi connectivity index (χ4v) is 1.16. The van der Waals surface area contributed by atoms with Crippen LogP contribution in [0.15, 0.2) is 6.20 Å². The Bertz CT molecular complexity index is 276. The first-order chi connectivity index (χ1) is 6.00. The first kappa shape index (κ1) is 10.1. The maximum atomic E-state index is 5.58. The van der Waals surface area contributed by atoms with E-state index in [4.69, 9.17) is 4.74 Å². The quantitative estimate of drug-likeness (QED) is 0.718. The van der Waals surface area contributed by atoms with E-state index in [1.54, 1.807) is 0 Å². The molecule has 0 saturated carbocycles.